The van der Waals surface area contributed by atoms with Crippen molar-refractivity contribution in [2.75, 3.05) is 19.0 Å². The molecule has 9 nitrogen and oxygen atoms in total. The van der Waals surface area contributed by atoms with Crippen molar-refractivity contribution in [3.8, 4) is 0 Å². The highest BCUT2D eigenvalue weighted by atomic mass is 31.2. The summed E-state index contributed by atoms with van der Waals surface area (Å²) in [6.07, 6.45) is 1.35. The molecule has 0 saturated heterocycles. The molecule has 1 unspecified atom stereocenters. The van der Waals surface area contributed by atoms with E-state index >= 15 is 0 Å². The second kappa shape index (κ2) is 6.64. The summed E-state index contributed by atoms with van der Waals surface area (Å²) in [6.45, 7) is 5.40. The quantitative estimate of drug-likeness (QED) is 0.665. The molecule has 2 aromatic heterocycles. The van der Waals surface area contributed by atoms with Gasteiger partial charge in [-0.3, -0.25) is 4.57 Å². The molecule has 10 heteroatoms. The topological polar surface area (TPSA) is 136 Å². The van der Waals surface area contributed by atoms with E-state index in [9.17, 15) is 14.8 Å². The van der Waals surface area contributed by atoms with E-state index in [2.05, 4.69) is 15.0 Å². The lowest BCUT2D eigenvalue weighted by Gasteiger charge is -2.21. The first-order valence-corrected chi connectivity index (χ1v) is 10.4. The van der Waals surface area contributed by atoms with Crippen LogP contribution in [0.5, 0.6) is 0 Å². The summed E-state index contributed by atoms with van der Waals surface area (Å²) in [5.41, 5.74) is 6.67. The average molecular weight is 369 g/mol. The van der Waals surface area contributed by atoms with Gasteiger partial charge >= 0.3 is 0 Å². The van der Waals surface area contributed by atoms with Gasteiger partial charge in [-0.2, -0.15) is 0 Å². The Hall–Kier alpha value is -1.54. The largest absolute Gasteiger partial charge is 0.390 e. The van der Waals surface area contributed by atoms with E-state index in [1.165, 1.54) is 6.33 Å². The van der Waals surface area contributed by atoms with Crippen molar-refractivity contribution < 1.29 is 19.3 Å². The predicted molar refractivity (Wildman–Crippen MR) is 93.5 cm³/mol. The molecule has 2 aromatic rings. The smallest absolute Gasteiger partial charge is 0.202 e. The molecule has 1 aliphatic carbocycles. The number of hydrogen-bond donors (Lipinski definition) is 3. The highest BCUT2D eigenvalue weighted by Crippen LogP contribution is 2.49. The summed E-state index contributed by atoms with van der Waals surface area (Å²) in [6, 6.07) is -0.418. The summed E-state index contributed by atoms with van der Waals surface area (Å²) in [5.74, 6) is -0.0656. The second-order valence-corrected chi connectivity index (χ2v) is 10.0. The number of anilines is 1. The zero-order valence-electron chi connectivity index (χ0n) is 14.5. The van der Waals surface area contributed by atoms with E-state index in [0.717, 1.165) is 0 Å². The highest BCUT2D eigenvalue weighted by Gasteiger charge is 2.43. The second-order valence-electron chi connectivity index (χ2n) is 6.93. The third-order valence-electron chi connectivity index (χ3n) is 5.00. The average Bonchev–Trinajstić information content (AvgIpc) is 3.09. The Labute approximate surface area is 145 Å². The number of rotatable bonds is 5. The number of nitrogen functional groups attached to an aromatic ring is 1. The van der Waals surface area contributed by atoms with E-state index in [0.29, 0.717) is 17.6 Å². The van der Waals surface area contributed by atoms with Crippen LogP contribution in [0.4, 0.5) is 5.82 Å². The van der Waals surface area contributed by atoms with E-state index in [4.69, 9.17) is 10.3 Å². The van der Waals surface area contributed by atoms with Crippen molar-refractivity contribution in [3.63, 3.8) is 0 Å². The van der Waals surface area contributed by atoms with Crippen LogP contribution < -0.4 is 5.73 Å². The number of nitrogens with zero attached hydrogens (tertiary/aromatic N) is 4. The van der Waals surface area contributed by atoms with Gasteiger partial charge in [-0.05, 0) is 6.42 Å². The van der Waals surface area contributed by atoms with Gasteiger partial charge in [-0.25, -0.2) is 15.0 Å². The van der Waals surface area contributed by atoms with Crippen molar-refractivity contribution in [2.45, 2.75) is 44.2 Å². The molecule has 1 saturated carbocycles. The van der Waals surface area contributed by atoms with E-state index in [-0.39, 0.29) is 24.0 Å². The number of aliphatic hydroxyl groups is 2. The molecule has 0 bridgehead atoms. The van der Waals surface area contributed by atoms with Crippen LogP contribution in [0, 0.1) is 5.92 Å². The molecule has 0 aromatic carbocycles. The Balaban J connectivity index is 1.80. The Morgan fingerprint density at radius 1 is 1.36 bits per heavy atom. The van der Waals surface area contributed by atoms with Gasteiger partial charge in [0.25, 0.3) is 0 Å². The van der Waals surface area contributed by atoms with Gasteiger partial charge < -0.3 is 25.0 Å². The minimum atomic E-state index is -2.74. The monoisotopic (exact) mass is 369 g/mol. The third-order valence-corrected chi connectivity index (χ3v) is 7.54. The van der Waals surface area contributed by atoms with Crippen LogP contribution >= 0.6 is 7.37 Å². The molecule has 25 heavy (non-hydrogen) atoms. The maximum absolute atomic E-state index is 12.4. The van der Waals surface area contributed by atoms with Crippen LogP contribution in [0.25, 0.3) is 11.2 Å². The predicted octanol–water partition coefficient (Wildman–Crippen LogP) is 1.02. The lowest BCUT2D eigenvalue weighted by molar-refractivity contribution is -0.00129. The van der Waals surface area contributed by atoms with Crippen LogP contribution in [0.15, 0.2) is 12.7 Å². The molecule has 1 aliphatic rings. The summed E-state index contributed by atoms with van der Waals surface area (Å²) in [5, 5.41) is 20.8. The van der Waals surface area contributed by atoms with Crippen molar-refractivity contribution >= 4 is 24.4 Å². The lowest BCUT2D eigenvalue weighted by atomic mass is 10.1. The fourth-order valence-electron chi connectivity index (χ4n) is 3.05. The number of fused-ring (bicyclic) bond motifs is 1. The zero-order valence-corrected chi connectivity index (χ0v) is 15.4. The van der Waals surface area contributed by atoms with Crippen LogP contribution in [-0.2, 0) is 9.09 Å². The molecule has 0 aliphatic heterocycles. The van der Waals surface area contributed by atoms with Crippen LogP contribution in [0.2, 0.25) is 0 Å². The van der Waals surface area contributed by atoms with Gasteiger partial charge in [-0.15, -0.1) is 0 Å². The molecule has 5 atom stereocenters. The van der Waals surface area contributed by atoms with Crippen molar-refractivity contribution in [1.29, 1.82) is 0 Å². The van der Waals surface area contributed by atoms with Crippen LogP contribution in [0.3, 0.4) is 0 Å². The first-order valence-electron chi connectivity index (χ1n) is 8.23. The van der Waals surface area contributed by atoms with Gasteiger partial charge in [0.15, 0.2) is 11.5 Å². The molecule has 3 rings (SSSR count). The molecular formula is C15H24N5O4P. The standard InChI is InChI=1S/C15H24N5O4P/c1-8(2)25(3,23)24-5-9-4-10(13(22)12(9)21)20-7-19-11-14(16)17-6-18-15(11)20/h6-10,12-13,21-22H,4-5H2,1-3H3,(H2,16,17,18)/t9-,10-,12-,13+,25?/m1/s1. The lowest BCUT2D eigenvalue weighted by Crippen LogP contribution is -2.30. The summed E-state index contributed by atoms with van der Waals surface area (Å²) >= 11 is 0. The van der Waals surface area contributed by atoms with Crippen LogP contribution in [0.1, 0.15) is 26.3 Å². The Morgan fingerprint density at radius 2 is 2.08 bits per heavy atom. The summed E-state index contributed by atoms with van der Waals surface area (Å²) < 4.78 is 19.7. The van der Waals surface area contributed by atoms with E-state index < -0.39 is 25.6 Å². The van der Waals surface area contributed by atoms with Gasteiger partial charge in [-0.1, -0.05) is 13.8 Å². The number of imidazole rings is 1. The first kappa shape index (κ1) is 18.3. The first-order chi connectivity index (χ1) is 11.7. The molecule has 1 fully saturated rings. The van der Waals surface area contributed by atoms with Gasteiger partial charge in [0.05, 0.1) is 25.1 Å². The van der Waals surface area contributed by atoms with E-state index in [1.54, 1.807) is 17.6 Å². The normalized spacial score (nSPS) is 29.4. The number of aromatic nitrogens is 4. The van der Waals surface area contributed by atoms with Gasteiger partial charge in [0.2, 0.25) is 7.37 Å². The number of nitrogens with two attached hydrogens (primary N) is 1. The van der Waals surface area contributed by atoms with Crippen molar-refractivity contribution in [3.05, 3.63) is 12.7 Å². The van der Waals surface area contributed by atoms with Gasteiger partial charge in [0.1, 0.15) is 17.9 Å². The maximum Gasteiger partial charge on any atom is 0.202 e. The Morgan fingerprint density at radius 3 is 2.76 bits per heavy atom. The molecule has 4 N–H and O–H groups in total. The fourth-order valence-corrected chi connectivity index (χ4v) is 3.83. The van der Waals surface area contributed by atoms with Crippen molar-refractivity contribution in [1.82, 2.24) is 19.5 Å². The van der Waals surface area contributed by atoms with Crippen LogP contribution in [-0.4, -0.2) is 60.9 Å². The zero-order chi connectivity index (χ0) is 18.4. The third kappa shape index (κ3) is 3.29. The fraction of sp³-hybridized carbons (Fsp3) is 0.667. The molecule has 2 heterocycles. The minimum Gasteiger partial charge on any atom is -0.390 e. The van der Waals surface area contributed by atoms with Crippen molar-refractivity contribution in [2.24, 2.45) is 5.92 Å². The Kier molecular flexibility index (Phi) is 4.85. The highest BCUT2D eigenvalue weighted by molar-refractivity contribution is 7.58. The van der Waals surface area contributed by atoms with Gasteiger partial charge in [0, 0.05) is 18.2 Å². The molecular weight excluding hydrogens is 345 g/mol. The Bertz CT molecular complexity index is 810. The number of aliphatic hydroxyl groups excluding tert-OH is 2. The minimum absolute atomic E-state index is 0.0935. The molecule has 138 valence electrons. The summed E-state index contributed by atoms with van der Waals surface area (Å²) in [7, 11) is -2.74. The molecule has 0 radical (unpaired) electrons. The maximum atomic E-state index is 12.4. The molecule has 0 spiro atoms. The molecule has 0 amide bonds. The SMILES string of the molecule is CC(C)P(C)(=O)OC[C@H]1C[C@@H](n2cnc3c(N)ncnc32)[C@H](O)[C@@H]1O. The van der Waals surface area contributed by atoms with E-state index in [1.807, 2.05) is 13.8 Å². The summed E-state index contributed by atoms with van der Waals surface area (Å²) in [4.78, 5) is 12.3. The number of hydrogen-bond acceptors (Lipinski definition) is 8.